The maximum absolute atomic E-state index is 12.6. The number of benzene rings is 2. The number of hydrogen-bond acceptors (Lipinski definition) is 5. The topological polar surface area (TPSA) is 73.9 Å². The summed E-state index contributed by atoms with van der Waals surface area (Å²) in [6, 6.07) is 12.5. The summed E-state index contributed by atoms with van der Waals surface area (Å²) in [6.07, 6.45) is 0.734. The lowest BCUT2D eigenvalue weighted by Crippen LogP contribution is -2.38. The molecule has 6 nitrogen and oxygen atoms in total. The van der Waals surface area contributed by atoms with Crippen molar-refractivity contribution >= 4 is 23.5 Å². The van der Waals surface area contributed by atoms with Gasteiger partial charge in [-0.1, -0.05) is 55.3 Å². The maximum Gasteiger partial charge on any atom is 0.339 e. The van der Waals surface area contributed by atoms with Crippen LogP contribution < -0.4 is 14.8 Å². The highest BCUT2D eigenvalue weighted by atomic mass is 35.5. The lowest BCUT2D eigenvalue weighted by Gasteiger charge is -2.21. The zero-order valence-corrected chi connectivity index (χ0v) is 16.5. The van der Waals surface area contributed by atoms with Crippen molar-refractivity contribution in [1.29, 1.82) is 0 Å². The Bertz CT molecular complexity index is 855. The summed E-state index contributed by atoms with van der Waals surface area (Å²) in [6.45, 7) is 3.63. The fourth-order valence-corrected chi connectivity index (χ4v) is 3.22. The molecule has 148 valence electrons. The Hall–Kier alpha value is -2.73. The van der Waals surface area contributed by atoms with Gasteiger partial charge in [-0.05, 0) is 31.0 Å². The molecule has 2 aromatic rings. The van der Waals surface area contributed by atoms with E-state index in [-0.39, 0.29) is 29.3 Å². The van der Waals surface area contributed by atoms with Crippen LogP contribution in [0.15, 0.2) is 42.5 Å². The van der Waals surface area contributed by atoms with Crippen LogP contribution in [-0.4, -0.2) is 24.8 Å². The Balaban J connectivity index is 1.65. The van der Waals surface area contributed by atoms with E-state index >= 15 is 0 Å². The molecule has 3 rings (SSSR count). The van der Waals surface area contributed by atoms with Gasteiger partial charge in [-0.15, -0.1) is 0 Å². The number of halogens is 1. The second-order valence-corrected chi connectivity index (χ2v) is 6.91. The molecule has 1 amide bonds. The normalized spacial score (nSPS) is 14.2. The minimum Gasteiger partial charge on any atom is -0.454 e. The summed E-state index contributed by atoms with van der Waals surface area (Å²) in [5.41, 5.74) is 1.21. The summed E-state index contributed by atoms with van der Waals surface area (Å²) in [4.78, 5) is 25.0. The van der Waals surface area contributed by atoms with Gasteiger partial charge in [-0.2, -0.15) is 0 Å². The average molecular weight is 404 g/mol. The van der Waals surface area contributed by atoms with E-state index in [1.807, 2.05) is 30.3 Å². The van der Waals surface area contributed by atoms with Gasteiger partial charge in [0.1, 0.15) is 0 Å². The molecule has 1 N–H and O–H groups in total. The summed E-state index contributed by atoms with van der Waals surface area (Å²) in [5.74, 6) is -0.241. The molecule has 0 fully saturated rings. The monoisotopic (exact) mass is 403 g/mol. The molecule has 7 heteroatoms. The van der Waals surface area contributed by atoms with Gasteiger partial charge in [0.2, 0.25) is 6.79 Å². The van der Waals surface area contributed by atoms with Crippen LogP contribution in [0.3, 0.4) is 0 Å². The number of ether oxygens (including phenoxy) is 3. The third kappa shape index (κ3) is 4.57. The van der Waals surface area contributed by atoms with Crippen molar-refractivity contribution in [1.82, 2.24) is 5.32 Å². The van der Waals surface area contributed by atoms with E-state index in [1.165, 1.54) is 19.1 Å². The van der Waals surface area contributed by atoms with Crippen LogP contribution >= 0.6 is 11.6 Å². The summed E-state index contributed by atoms with van der Waals surface area (Å²) < 4.78 is 15.8. The molecule has 1 heterocycles. The molecule has 2 unspecified atom stereocenters. The van der Waals surface area contributed by atoms with Crippen LogP contribution in [0.5, 0.6) is 11.5 Å². The van der Waals surface area contributed by atoms with Crippen molar-refractivity contribution in [2.45, 2.75) is 38.8 Å². The van der Waals surface area contributed by atoms with Gasteiger partial charge in [0.15, 0.2) is 17.6 Å². The summed E-state index contributed by atoms with van der Waals surface area (Å²) in [7, 11) is 0. The van der Waals surface area contributed by atoms with Gasteiger partial charge in [-0.25, -0.2) is 4.79 Å². The highest BCUT2D eigenvalue weighted by Crippen LogP contribution is 2.40. The van der Waals surface area contributed by atoms with Crippen molar-refractivity contribution < 1.29 is 23.8 Å². The molecule has 0 aliphatic carbocycles. The van der Waals surface area contributed by atoms with Crippen LogP contribution in [0, 0.1) is 0 Å². The highest BCUT2D eigenvalue weighted by Gasteiger charge is 2.25. The van der Waals surface area contributed by atoms with E-state index in [4.69, 9.17) is 25.8 Å². The lowest BCUT2D eigenvalue weighted by molar-refractivity contribution is -0.129. The van der Waals surface area contributed by atoms with Crippen LogP contribution in [0.2, 0.25) is 5.02 Å². The quantitative estimate of drug-likeness (QED) is 0.699. The second-order valence-electron chi connectivity index (χ2n) is 6.50. The van der Waals surface area contributed by atoms with Crippen LogP contribution in [-0.2, 0) is 9.53 Å². The summed E-state index contributed by atoms with van der Waals surface area (Å²) in [5, 5.41) is 3.21. The number of esters is 1. The number of amides is 1. The maximum atomic E-state index is 12.6. The summed E-state index contributed by atoms with van der Waals surface area (Å²) >= 11 is 6.10. The van der Waals surface area contributed by atoms with Gasteiger partial charge < -0.3 is 19.5 Å². The molecule has 2 atom stereocenters. The van der Waals surface area contributed by atoms with Gasteiger partial charge >= 0.3 is 5.97 Å². The first-order valence-corrected chi connectivity index (χ1v) is 9.52. The van der Waals surface area contributed by atoms with Crippen molar-refractivity contribution in [3.8, 4) is 11.5 Å². The number of nitrogens with one attached hydrogen (secondary N) is 1. The van der Waals surface area contributed by atoms with E-state index in [0.717, 1.165) is 18.4 Å². The van der Waals surface area contributed by atoms with Crippen molar-refractivity contribution in [2.24, 2.45) is 0 Å². The molecular weight excluding hydrogens is 382 g/mol. The van der Waals surface area contributed by atoms with Crippen molar-refractivity contribution in [3.05, 3.63) is 58.6 Å². The Labute approximate surface area is 168 Å². The Morgan fingerprint density at radius 2 is 1.96 bits per heavy atom. The molecule has 1 aliphatic heterocycles. The van der Waals surface area contributed by atoms with Crippen molar-refractivity contribution in [3.63, 3.8) is 0 Å². The van der Waals surface area contributed by atoms with Crippen LogP contribution in [0.1, 0.15) is 48.7 Å². The largest absolute Gasteiger partial charge is 0.454 e. The Morgan fingerprint density at radius 3 is 2.68 bits per heavy atom. The fourth-order valence-electron chi connectivity index (χ4n) is 2.95. The molecule has 28 heavy (non-hydrogen) atoms. The molecule has 0 spiro atoms. The van der Waals surface area contributed by atoms with E-state index in [2.05, 4.69) is 12.2 Å². The zero-order chi connectivity index (χ0) is 20.1. The van der Waals surface area contributed by atoms with Gasteiger partial charge in [0.05, 0.1) is 16.6 Å². The van der Waals surface area contributed by atoms with Crippen LogP contribution in [0.25, 0.3) is 0 Å². The SMILES string of the molecule is CCCC(NC(=O)C(C)OC(=O)c1cc(Cl)c2c(c1)OCO2)c1ccccc1. The van der Waals surface area contributed by atoms with Gasteiger partial charge in [-0.3, -0.25) is 4.79 Å². The molecule has 0 saturated heterocycles. The zero-order valence-electron chi connectivity index (χ0n) is 15.7. The molecule has 0 saturated carbocycles. The fraction of sp³-hybridized carbons (Fsp3) is 0.333. The lowest BCUT2D eigenvalue weighted by atomic mass is 10.0. The van der Waals surface area contributed by atoms with Gasteiger partial charge in [0, 0.05) is 0 Å². The smallest absolute Gasteiger partial charge is 0.339 e. The molecular formula is C21H22ClNO5. The molecule has 0 radical (unpaired) electrons. The third-order valence-corrected chi connectivity index (χ3v) is 4.69. The molecule has 1 aliphatic rings. The first-order chi connectivity index (χ1) is 13.5. The third-order valence-electron chi connectivity index (χ3n) is 4.41. The Kier molecular flexibility index (Phi) is 6.41. The second kappa shape index (κ2) is 8.97. The minimum absolute atomic E-state index is 0.0463. The number of rotatable bonds is 7. The Morgan fingerprint density at radius 1 is 1.21 bits per heavy atom. The first kappa shape index (κ1) is 20.0. The predicted octanol–water partition coefficient (Wildman–Crippen LogP) is 4.27. The number of hydrogen-bond donors (Lipinski definition) is 1. The predicted molar refractivity (Wildman–Crippen MR) is 105 cm³/mol. The highest BCUT2D eigenvalue weighted by molar-refractivity contribution is 6.32. The van der Waals surface area contributed by atoms with Crippen molar-refractivity contribution in [2.75, 3.05) is 6.79 Å². The van der Waals surface area contributed by atoms with E-state index in [0.29, 0.717) is 11.5 Å². The molecule has 0 aromatic heterocycles. The van der Waals surface area contributed by atoms with Gasteiger partial charge in [0.25, 0.3) is 5.91 Å². The average Bonchev–Trinajstić information content (AvgIpc) is 3.17. The number of carbonyl (C=O) groups excluding carboxylic acids is 2. The number of fused-ring (bicyclic) bond motifs is 1. The van der Waals surface area contributed by atoms with E-state index < -0.39 is 12.1 Å². The molecule has 0 bridgehead atoms. The standard InChI is InChI=1S/C21H22ClNO5/c1-3-7-17(14-8-5-4-6-9-14)23-20(24)13(2)28-21(25)15-10-16(22)19-18(11-15)26-12-27-19/h4-6,8-11,13,17H,3,7,12H2,1-2H3,(H,23,24). The number of carbonyl (C=O) groups is 2. The van der Waals surface area contributed by atoms with Crippen LogP contribution in [0.4, 0.5) is 0 Å². The first-order valence-electron chi connectivity index (χ1n) is 9.15. The minimum atomic E-state index is -0.959. The van der Waals surface area contributed by atoms with E-state index in [9.17, 15) is 9.59 Å². The molecule has 2 aromatic carbocycles. The van der Waals surface area contributed by atoms with E-state index in [1.54, 1.807) is 0 Å².